The smallest absolute Gasteiger partial charge is 0.319 e. The van der Waals surface area contributed by atoms with Gasteiger partial charge in [0.15, 0.2) is 0 Å². The van der Waals surface area contributed by atoms with E-state index >= 15 is 0 Å². The molecule has 3 aliphatic heterocycles. The van der Waals surface area contributed by atoms with Gasteiger partial charge in [0, 0.05) is 24.2 Å². The zero-order valence-electron chi connectivity index (χ0n) is 23.3. The third-order valence-corrected chi connectivity index (χ3v) is 11.0. The minimum Gasteiger partial charge on any atom is -0.468 e. The van der Waals surface area contributed by atoms with Crippen molar-refractivity contribution in [2.75, 3.05) is 20.2 Å². The molecule has 38 heavy (non-hydrogen) atoms. The van der Waals surface area contributed by atoms with E-state index in [2.05, 4.69) is 38.6 Å². The van der Waals surface area contributed by atoms with Gasteiger partial charge in [0.05, 0.1) is 30.7 Å². The minimum absolute atomic E-state index is 0.143. The van der Waals surface area contributed by atoms with Crippen molar-refractivity contribution in [2.24, 2.45) is 11.8 Å². The van der Waals surface area contributed by atoms with Gasteiger partial charge in [-0.15, -0.1) is 0 Å². The van der Waals surface area contributed by atoms with E-state index in [0.717, 1.165) is 42.8 Å². The van der Waals surface area contributed by atoms with Crippen LogP contribution in [-0.4, -0.2) is 63.6 Å². The molecule has 0 amide bonds. The number of methoxy groups -OCH3 is 1. The van der Waals surface area contributed by atoms with Crippen molar-refractivity contribution < 1.29 is 9.53 Å². The predicted octanol–water partition coefficient (Wildman–Crippen LogP) is 6.26. The Morgan fingerprint density at radius 3 is 2.32 bits per heavy atom. The Morgan fingerprint density at radius 2 is 1.58 bits per heavy atom. The van der Waals surface area contributed by atoms with E-state index in [1.54, 1.807) is 0 Å². The van der Waals surface area contributed by atoms with Crippen molar-refractivity contribution in [1.29, 1.82) is 0 Å². The van der Waals surface area contributed by atoms with Crippen molar-refractivity contribution in [2.45, 2.75) is 120 Å². The molecule has 206 valence electrons. The maximum absolute atomic E-state index is 12.2. The lowest BCUT2D eigenvalue weighted by Gasteiger charge is -2.55. The summed E-state index contributed by atoms with van der Waals surface area (Å²) in [6.45, 7) is 1.30. The van der Waals surface area contributed by atoms with Crippen LogP contribution in [0.25, 0.3) is 11.0 Å². The highest BCUT2D eigenvalue weighted by molar-refractivity contribution is 5.76. The lowest BCUT2D eigenvalue weighted by molar-refractivity contribution is -0.142. The van der Waals surface area contributed by atoms with Gasteiger partial charge in [-0.1, -0.05) is 44.2 Å². The molecule has 2 aromatic rings. The van der Waals surface area contributed by atoms with Crippen molar-refractivity contribution in [3.8, 4) is 0 Å². The number of ether oxygens (including phenoxy) is 1. The molecular weight excluding hydrogens is 472 g/mol. The molecule has 4 bridgehead atoms. The third-order valence-electron chi connectivity index (χ3n) is 11.0. The van der Waals surface area contributed by atoms with Crippen LogP contribution in [0.2, 0.25) is 0 Å². The second kappa shape index (κ2) is 10.6. The van der Waals surface area contributed by atoms with Gasteiger partial charge in [-0.05, 0) is 88.3 Å². The molecule has 0 radical (unpaired) electrons. The standard InChI is InChI=1S/C32H46N4O2/c1-38-31(37)21-34-15-7-14-30(34)32-33-28-12-4-5-13-29(28)36(32)27-19-24-10-6-11-25(20-27)35(24)26-17-22-8-2-3-9-23(16-22)18-26/h4-5,12-13,22-27,30H,2-3,6-11,14-21H2,1H3/t22-,23+,24-,25+,26?,27?,30?. The van der Waals surface area contributed by atoms with Gasteiger partial charge in [-0.2, -0.15) is 0 Å². The fourth-order valence-corrected chi connectivity index (χ4v) is 9.53. The number of nitrogens with zero attached hydrogens (tertiary/aromatic N) is 4. The number of carbonyl (C=O) groups excluding carboxylic acids is 1. The van der Waals surface area contributed by atoms with Crippen LogP contribution in [0.5, 0.6) is 0 Å². The number of imidazole rings is 1. The van der Waals surface area contributed by atoms with Crippen LogP contribution in [0.4, 0.5) is 0 Å². The van der Waals surface area contributed by atoms with E-state index in [1.165, 1.54) is 95.5 Å². The van der Waals surface area contributed by atoms with Crippen molar-refractivity contribution in [3.05, 3.63) is 30.1 Å². The lowest BCUT2D eigenvalue weighted by atomic mass is 9.73. The summed E-state index contributed by atoms with van der Waals surface area (Å²) in [5.74, 6) is 3.00. The fourth-order valence-electron chi connectivity index (χ4n) is 9.53. The number of fused-ring (bicyclic) bond motifs is 5. The summed E-state index contributed by atoms with van der Waals surface area (Å²) in [6.07, 6.45) is 19.1. The van der Waals surface area contributed by atoms with E-state index in [4.69, 9.17) is 9.72 Å². The average molecular weight is 519 g/mol. The number of para-hydroxylation sites is 2. The van der Waals surface area contributed by atoms with E-state index in [9.17, 15) is 4.79 Å². The highest BCUT2D eigenvalue weighted by Crippen LogP contribution is 2.48. The first kappa shape index (κ1) is 25.1. The van der Waals surface area contributed by atoms with Crippen LogP contribution in [0.1, 0.15) is 108 Å². The lowest BCUT2D eigenvalue weighted by Crippen LogP contribution is -2.58. The van der Waals surface area contributed by atoms with Gasteiger partial charge in [-0.3, -0.25) is 14.6 Å². The van der Waals surface area contributed by atoms with E-state index in [-0.39, 0.29) is 12.0 Å². The maximum atomic E-state index is 12.2. The number of rotatable bonds is 5. The molecule has 6 heteroatoms. The summed E-state index contributed by atoms with van der Waals surface area (Å²) in [5, 5.41) is 0. The number of likely N-dealkylation sites (tertiary alicyclic amines) is 1. The number of hydrogen-bond donors (Lipinski definition) is 0. The Bertz CT molecular complexity index is 1120. The van der Waals surface area contributed by atoms with E-state index in [0.29, 0.717) is 24.7 Å². The summed E-state index contributed by atoms with van der Waals surface area (Å²) >= 11 is 0. The molecule has 1 aromatic heterocycles. The molecule has 0 N–H and O–H groups in total. The summed E-state index contributed by atoms with van der Waals surface area (Å²) in [5.41, 5.74) is 2.39. The summed E-state index contributed by atoms with van der Waals surface area (Å²) in [4.78, 5) is 22.9. The first-order valence-corrected chi connectivity index (χ1v) is 15.7. The van der Waals surface area contributed by atoms with Gasteiger partial charge >= 0.3 is 5.97 Å². The number of aromatic nitrogens is 2. The Morgan fingerprint density at radius 1 is 0.842 bits per heavy atom. The van der Waals surface area contributed by atoms with E-state index in [1.807, 2.05) is 0 Å². The SMILES string of the molecule is COC(=O)CN1CCCC1c1nc2ccccc2n1C1C[C@H]2CCC[C@@H](C1)N2C1C[C@H]2CCCC[C@@H](C1)C2. The molecule has 1 aromatic carbocycles. The Labute approximate surface area is 228 Å². The topological polar surface area (TPSA) is 50.6 Å². The molecule has 5 fully saturated rings. The molecule has 7 atom stereocenters. The fraction of sp³-hybridized carbons (Fsp3) is 0.750. The number of benzene rings is 1. The second-order valence-corrected chi connectivity index (χ2v) is 13.2. The average Bonchev–Trinajstić information content (AvgIpc) is 3.49. The molecule has 5 aliphatic rings. The van der Waals surface area contributed by atoms with Crippen LogP contribution in [0.3, 0.4) is 0 Å². The number of esters is 1. The first-order valence-electron chi connectivity index (χ1n) is 15.7. The molecule has 0 spiro atoms. The molecule has 3 saturated heterocycles. The van der Waals surface area contributed by atoms with Crippen molar-refractivity contribution in [3.63, 3.8) is 0 Å². The van der Waals surface area contributed by atoms with Crippen molar-refractivity contribution in [1.82, 2.24) is 19.4 Å². The largest absolute Gasteiger partial charge is 0.468 e. The summed E-state index contributed by atoms with van der Waals surface area (Å²) < 4.78 is 7.68. The minimum atomic E-state index is -0.143. The van der Waals surface area contributed by atoms with Crippen LogP contribution in [0.15, 0.2) is 24.3 Å². The van der Waals surface area contributed by atoms with Gasteiger partial charge in [-0.25, -0.2) is 4.98 Å². The number of carbonyl (C=O) groups is 1. The molecule has 4 heterocycles. The highest BCUT2D eigenvalue weighted by atomic mass is 16.5. The molecular formula is C32H46N4O2. The molecule has 6 nitrogen and oxygen atoms in total. The molecule has 2 aliphatic carbocycles. The van der Waals surface area contributed by atoms with Gasteiger partial charge in [0.2, 0.25) is 0 Å². The molecule has 7 rings (SSSR count). The molecule has 3 unspecified atom stereocenters. The van der Waals surface area contributed by atoms with Crippen LogP contribution in [-0.2, 0) is 9.53 Å². The van der Waals surface area contributed by atoms with Gasteiger partial charge in [0.1, 0.15) is 5.82 Å². The Kier molecular flexibility index (Phi) is 6.98. The molecule has 2 saturated carbocycles. The van der Waals surface area contributed by atoms with Crippen LogP contribution >= 0.6 is 0 Å². The van der Waals surface area contributed by atoms with Crippen LogP contribution in [0, 0.1) is 11.8 Å². The van der Waals surface area contributed by atoms with Crippen molar-refractivity contribution >= 4 is 17.0 Å². The number of piperidine rings is 2. The Hall–Kier alpha value is -1.92. The monoisotopic (exact) mass is 518 g/mol. The maximum Gasteiger partial charge on any atom is 0.319 e. The Balaban J connectivity index is 1.19. The zero-order chi connectivity index (χ0) is 25.6. The highest BCUT2D eigenvalue weighted by Gasteiger charge is 2.46. The zero-order valence-corrected chi connectivity index (χ0v) is 23.3. The van der Waals surface area contributed by atoms with Gasteiger partial charge in [0.25, 0.3) is 0 Å². The van der Waals surface area contributed by atoms with E-state index < -0.39 is 0 Å². The normalized spacial score (nSPS) is 36.3. The quantitative estimate of drug-likeness (QED) is 0.437. The van der Waals surface area contributed by atoms with Crippen LogP contribution < -0.4 is 0 Å². The summed E-state index contributed by atoms with van der Waals surface area (Å²) in [7, 11) is 1.50. The van der Waals surface area contributed by atoms with Gasteiger partial charge < -0.3 is 9.30 Å². The summed E-state index contributed by atoms with van der Waals surface area (Å²) in [6, 6.07) is 11.7. The second-order valence-electron chi connectivity index (χ2n) is 13.2. The predicted molar refractivity (Wildman–Crippen MR) is 150 cm³/mol. The number of hydrogen-bond acceptors (Lipinski definition) is 5. The third kappa shape index (κ3) is 4.60. The first-order chi connectivity index (χ1) is 18.7.